The number of methoxy groups -OCH3 is 2. The fraction of sp³-hybridized carbons (Fsp3) is 0.250. The molecule has 0 saturated carbocycles. The van der Waals surface area contributed by atoms with Gasteiger partial charge >= 0.3 is 0 Å². The van der Waals surface area contributed by atoms with Crippen LogP contribution in [0.1, 0.15) is 18.7 Å². The summed E-state index contributed by atoms with van der Waals surface area (Å²) >= 11 is 11.6. The van der Waals surface area contributed by atoms with Crippen LogP contribution < -0.4 is 19.5 Å². The second kappa shape index (κ2) is 8.87. The Hall–Kier alpha value is -2.23. The summed E-state index contributed by atoms with van der Waals surface area (Å²) in [6.07, 6.45) is -0.630. The molecule has 30 heavy (non-hydrogen) atoms. The molecule has 1 aliphatic heterocycles. The number of benzene rings is 2. The lowest BCUT2D eigenvalue weighted by Gasteiger charge is -2.21. The van der Waals surface area contributed by atoms with E-state index in [2.05, 4.69) is 36.4 Å². The maximum atomic E-state index is 6.57. The Labute approximate surface area is 191 Å². The zero-order chi connectivity index (χ0) is 21.3. The standard InChI is InChI=1S/C20H18BrClN4O3S/c1-4-30-20-24-19-17(25-26-20)12-7-10(21)5-6-14(12)23-18(29-19)11-8-15(27-2)16(28-3)9-13(11)22/h5-9,18,23H,4H2,1-3H3/t18-/m1/s1. The zero-order valence-electron chi connectivity index (χ0n) is 16.4. The van der Waals surface area contributed by atoms with Crippen LogP contribution in [-0.4, -0.2) is 35.2 Å². The molecule has 1 aliphatic rings. The molecule has 2 heterocycles. The Kier molecular flexibility index (Phi) is 6.21. The van der Waals surface area contributed by atoms with Crippen molar-refractivity contribution in [3.8, 4) is 28.6 Å². The van der Waals surface area contributed by atoms with Crippen molar-refractivity contribution >= 4 is 45.0 Å². The lowest BCUT2D eigenvalue weighted by Crippen LogP contribution is -2.18. The van der Waals surface area contributed by atoms with E-state index in [0.717, 1.165) is 21.5 Å². The number of fused-ring (bicyclic) bond motifs is 3. The minimum absolute atomic E-state index is 0.376. The van der Waals surface area contributed by atoms with E-state index >= 15 is 0 Å². The van der Waals surface area contributed by atoms with Gasteiger partial charge in [0, 0.05) is 27.4 Å². The summed E-state index contributed by atoms with van der Waals surface area (Å²) in [4.78, 5) is 4.59. The fourth-order valence-corrected chi connectivity index (χ4v) is 4.19. The van der Waals surface area contributed by atoms with Gasteiger partial charge < -0.3 is 19.5 Å². The molecule has 2 aromatic carbocycles. The molecule has 0 spiro atoms. The summed E-state index contributed by atoms with van der Waals surface area (Å²) < 4.78 is 18.0. The van der Waals surface area contributed by atoms with E-state index in [1.165, 1.54) is 11.8 Å². The van der Waals surface area contributed by atoms with Crippen molar-refractivity contribution in [1.29, 1.82) is 0 Å². The van der Waals surface area contributed by atoms with Crippen molar-refractivity contribution in [3.63, 3.8) is 0 Å². The predicted octanol–water partition coefficient (Wildman–Crippen LogP) is 5.59. The molecule has 156 valence electrons. The summed E-state index contributed by atoms with van der Waals surface area (Å²) in [6.45, 7) is 2.03. The largest absolute Gasteiger partial charge is 0.493 e. The normalized spacial score (nSPS) is 14.6. The summed E-state index contributed by atoms with van der Waals surface area (Å²) in [7, 11) is 3.14. The number of ether oxygens (including phenoxy) is 3. The molecule has 3 aromatic rings. The molecule has 0 amide bonds. The van der Waals surface area contributed by atoms with Gasteiger partial charge in [-0.1, -0.05) is 46.2 Å². The number of aromatic nitrogens is 3. The van der Waals surface area contributed by atoms with Gasteiger partial charge in [-0.15, -0.1) is 10.2 Å². The molecule has 7 nitrogen and oxygen atoms in total. The highest BCUT2D eigenvalue weighted by Crippen LogP contribution is 2.43. The molecule has 0 bridgehead atoms. The second-order valence-electron chi connectivity index (χ2n) is 6.24. The quantitative estimate of drug-likeness (QED) is 0.446. The maximum absolute atomic E-state index is 6.57. The van der Waals surface area contributed by atoms with Crippen molar-refractivity contribution in [1.82, 2.24) is 15.2 Å². The van der Waals surface area contributed by atoms with Gasteiger partial charge in [0.25, 0.3) is 0 Å². The fourth-order valence-electron chi connectivity index (χ4n) is 3.07. The first-order chi connectivity index (χ1) is 14.5. The van der Waals surface area contributed by atoms with Crippen LogP contribution in [0.3, 0.4) is 0 Å². The third-order valence-corrected chi connectivity index (χ3v) is 5.99. The summed E-state index contributed by atoms with van der Waals surface area (Å²) in [6, 6.07) is 9.32. The number of nitrogens with zero attached hydrogens (tertiary/aromatic N) is 3. The Morgan fingerprint density at radius 1 is 1.17 bits per heavy atom. The highest BCUT2D eigenvalue weighted by molar-refractivity contribution is 9.10. The molecule has 1 atom stereocenters. The van der Waals surface area contributed by atoms with Gasteiger partial charge in [0.1, 0.15) is 0 Å². The van der Waals surface area contributed by atoms with E-state index in [0.29, 0.717) is 38.8 Å². The predicted molar refractivity (Wildman–Crippen MR) is 121 cm³/mol. The van der Waals surface area contributed by atoms with Crippen LogP contribution in [0.15, 0.2) is 40.0 Å². The molecule has 0 fully saturated rings. The molecule has 0 saturated heterocycles. The minimum atomic E-state index is -0.630. The molecule has 10 heteroatoms. The van der Waals surface area contributed by atoms with E-state index in [-0.39, 0.29) is 0 Å². The number of thioether (sulfide) groups is 1. The van der Waals surface area contributed by atoms with Gasteiger partial charge in [-0.25, -0.2) is 0 Å². The van der Waals surface area contributed by atoms with E-state index in [4.69, 9.17) is 25.8 Å². The first-order valence-electron chi connectivity index (χ1n) is 9.06. The SMILES string of the molecule is CCSc1nnc2c(n1)O[C@H](c1cc(OC)c(OC)cc1Cl)Nc1ccc(Br)cc1-2. The van der Waals surface area contributed by atoms with Crippen LogP contribution in [-0.2, 0) is 0 Å². The number of anilines is 1. The van der Waals surface area contributed by atoms with Crippen molar-refractivity contribution in [2.24, 2.45) is 0 Å². The van der Waals surface area contributed by atoms with Crippen LogP contribution in [0.2, 0.25) is 5.02 Å². The summed E-state index contributed by atoms with van der Waals surface area (Å²) in [5, 5.41) is 13.0. The molecule has 1 N–H and O–H groups in total. The van der Waals surface area contributed by atoms with Gasteiger partial charge in [0.15, 0.2) is 23.4 Å². The van der Waals surface area contributed by atoms with Crippen LogP contribution >= 0.6 is 39.3 Å². The van der Waals surface area contributed by atoms with Gasteiger partial charge in [0.05, 0.1) is 19.2 Å². The van der Waals surface area contributed by atoms with Crippen molar-refractivity contribution in [2.45, 2.75) is 18.3 Å². The van der Waals surface area contributed by atoms with E-state index in [1.807, 2.05) is 25.1 Å². The summed E-state index contributed by atoms with van der Waals surface area (Å²) in [5.74, 6) is 2.29. The lowest BCUT2D eigenvalue weighted by molar-refractivity contribution is 0.224. The van der Waals surface area contributed by atoms with E-state index < -0.39 is 6.23 Å². The maximum Gasteiger partial charge on any atom is 0.247 e. The minimum Gasteiger partial charge on any atom is -0.493 e. The summed E-state index contributed by atoms with van der Waals surface area (Å²) in [5.41, 5.74) is 2.88. The average molecular weight is 510 g/mol. The number of nitrogens with one attached hydrogen (secondary N) is 1. The second-order valence-corrected chi connectivity index (χ2v) is 8.80. The molecular weight excluding hydrogens is 492 g/mol. The average Bonchev–Trinajstić information content (AvgIpc) is 2.89. The lowest BCUT2D eigenvalue weighted by atomic mass is 10.1. The molecule has 1 aromatic heterocycles. The van der Waals surface area contributed by atoms with Crippen molar-refractivity contribution in [2.75, 3.05) is 25.3 Å². The highest BCUT2D eigenvalue weighted by atomic mass is 79.9. The van der Waals surface area contributed by atoms with Gasteiger partial charge in [-0.05, 0) is 30.0 Å². The Bertz CT molecular complexity index is 1100. The monoisotopic (exact) mass is 508 g/mol. The first kappa shape index (κ1) is 21.0. The third kappa shape index (κ3) is 4.01. The zero-order valence-corrected chi connectivity index (χ0v) is 19.6. The molecule has 4 rings (SSSR count). The molecule has 0 aliphatic carbocycles. The topological polar surface area (TPSA) is 78.4 Å². The Morgan fingerprint density at radius 2 is 1.93 bits per heavy atom. The Balaban J connectivity index is 1.86. The van der Waals surface area contributed by atoms with Crippen molar-refractivity contribution in [3.05, 3.63) is 45.4 Å². The smallest absolute Gasteiger partial charge is 0.247 e. The van der Waals surface area contributed by atoms with Gasteiger partial charge in [0.2, 0.25) is 11.0 Å². The Morgan fingerprint density at radius 3 is 2.67 bits per heavy atom. The highest BCUT2D eigenvalue weighted by Gasteiger charge is 2.28. The van der Waals surface area contributed by atoms with Crippen LogP contribution in [0.4, 0.5) is 5.69 Å². The van der Waals surface area contributed by atoms with Gasteiger partial charge in [-0.3, -0.25) is 0 Å². The first-order valence-corrected chi connectivity index (χ1v) is 11.2. The van der Waals surface area contributed by atoms with Crippen LogP contribution in [0, 0.1) is 0 Å². The number of rotatable bonds is 5. The number of hydrogen-bond donors (Lipinski definition) is 1. The van der Waals surface area contributed by atoms with E-state index in [9.17, 15) is 0 Å². The molecule has 0 radical (unpaired) electrons. The van der Waals surface area contributed by atoms with Crippen LogP contribution in [0.25, 0.3) is 11.3 Å². The van der Waals surface area contributed by atoms with E-state index in [1.54, 1.807) is 26.4 Å². The van der Waals surface area contributed by atoms with Gasteiger partial charge in [-0.2, -0.15) is 4.98 Å². The third-order valence-electron chi connectivity index (χ3n) is 4.45. The van der Waals surface area contributed by atoms with Crippen LogP contribution in [0.5, 0.6) is 17.4 Å². The number of halogens is 2. The molecular formula is C20H18BrClN4O3S. The number of hydrogen-bond acceptors (Lipinski definition) is 8. The molecule has 0 unspecified atom stereocenters. The van der Waals surface area contributed by atoms with Crippen molar-refractivity contribution < 1.29 is 14.2 Å².